The van der Waals surface area contributed by atoms with Crippen LogP contribution in [-0.2, 0) is 6.42 Å². The summed E-state index contributed by atoms with van der Waals surface area (Å²) in [5.74, 6) is -0.517. The van der Waals surface area contributed by atoms with Crippen LogP contribution in [0.3, 0.4) is 0 Å². The third-order valence-electron chi connectivity index (χ3n) is 5.41. The van der Waals surface area contributed by atoms with Crippen molar-refractivity contribution in [2.75, 3.05) is 10.6 Å². The molecular formula is C23H19ClF3N5O. The van der Waals surface area contributed by atoms with Gasteiger partial charge in [-0.1, -0.05) is 35.9 Å². The first-order valence-electron chi connectivity index (χ1n) is 10.2. The van der Waals surface area contributed by atoms with E-state index in [0.717, 1.165) is 10.2 Å². The predicted octanol–water partition coefficient (Wildman–Crippen LogP) is 5.91. The van der Waals surface area contributed by atoms with Crippen LogP contribution in [-0.4, -0.2) is 21.9 Å². The molecular weight excluding hydrogens is 455 g/mol. The highest BCUT2D eigenvalue weighted by Gasteiger charge is 2.46. The lowest BCUT2D eigenvalue weighted by molar-refractivity contribution is -0.173. The number of aryl methyl sites for hydroxylation is 1. The summed E-state index contributed by atoms with van der Waals surface area (Å²) >= 11 is 5.90. The zero-order valence-corrected chi connectivity index (χ0v) is 18.0. The maximum atomic E-state index is 13.8. The zero-order chi connectivity index (χ0) is 23.6. The van der Waals surface area contributed by atoms with E-state index in [1.54, 1.807) is 42.5 Å². The molecule has 0 aliphatic carbocycles. The molecule has 0 radical (unpaired) electrons. The van der Waals surface area contributed by atoms with Gasteiger partial charge in [-0.2, -0.15) is 23.5 Å². The van der Waals surface area contributed by atoms with Crippen LogP contribution in [0.15, 0.2) is 54.6 Å². The minimum absolute atomic E-state index is 0.108. The molecule has 2 N–H and O–H groups in total. The summed E-state index contributed by atoms with van der Waals surface area (Å²) in [4.78, 5) is 12.7. The van der Waals surface area contributed by atoms with E-state index in [1.165, 1.54) is 6.07 Å². The van der Waals surface area contributed by atoms with Crippen molar-refractivity contribution in [2.24, 2.45) is 0 Å². The van der Waals surface area contributed by atoms with Gasteiger partial charge in [0.05, 0.1) is 12.1 Å². The van der Waals surface area contributed by atoms with Crippen molar-refractivity contribution in [1.29, 1.82) is 5.26 Å². The zero-order valence-electron chi connectivity index (χ0n) is 17.2. The first-order valence-corrected chi connectivity index (χ1v) is 10.6. The molecule has 0 bridgehead atoms. The highest BCUT2D eigenvalue weighted by atomic mass is 35.5. The average Bonchev–Trinajstić information content (AvgIpc) is 3.21. The lowest BCUT2D eigenvalue weighted by atomic mass is 9.97. The van der Waals surface area contributed by atoms with E-state index in [1.807, 2.05) is 6.07 Å². The summed E-state index contributed by atoms with van der Waals surface area (Å²) in [6.45, 7) is 0. The Morgan fingerprint density at radius 2 is 2.00 bits per heavy atom. The first kappa shape index (κ1) is 22.7. The molecule has 1 aromatic heterocycles. The highest BCUT2D eigenvalue weighted by molar-refractivity contribution is 6.30. The fourth-order valence-corrected chi connectivity index (χ4v) is 3.92. The number of alkyl halides is 3. The monoisotopic (exact) mass is 473 g/mol. The summed E-state index contributed by atoms with van der Waals surface area (Å²) < 4.78 is 42.4. The SMILES string of the molecule is N#CCCc1cccc(NC(=O)c2cc3n(n2)[C@H](C(F)(F)F)C[C@@H](c2ccc(Cl)cc2)N3)c1. The van der Waals surface area contributed by atoms with E-state index in [2.05, 4.69) is 21.8 Å². The van der Waals surface area contributed by atoms with Gasteiger partial charge in [0.25, 0.3) is 5.91 Å². The van der Waals surface area contributed by atoms with Gasteiger partial charge in [-0.15, -0.1) is 0 Å². The highest BCUT2D eigenvalue weighted by Crippen LogP contribution is 2.43. The number of rotatable bonds is 5. The minimum Gasteiger partial charge on any atom is -0.363 e. The summed E-state index contributed by atoms with van der Waals surface area (Å²) in [6.07, 6.45) is -3.95. The van der Waals surface area contributed by atoms with Crippen LogP contribution in [0.25, 0.3) is 0 Å². The maximum absolute atomic E-state index is 13.8. The van der Waals surface area contributed by atoms with Gasteiger partial charge in [0, 0.05) is 29.6 Å². The molecule has 3 aromatic rings. The number of anilines is 2. The van der Waals surface area contributed by atoms with E-state index in [-0.39, 0.29) is 17.9 Å². The average molecular weight is 474 g/mol. The number of benzene rings is 2. The number of hydrogen-bond acceptors (Lipinski definition) is 4. The van der Waals surface area contributed by atoms with Gasteiger partial charge in [-0.05, 0) is 41.8 Å². The van der Waals surface area contributed by atoms with Crippen molar-refractivity contribution in [3.63, 3.8) is 0 Å². The van der Waals surface area contributed by atoms with Crippen LogP contribution in [0.2, 0.25) is 5.02 Å². The molecule has 1 amide bonds. The Morgan fingerprint density at radius 3 is 2.70 bits per heavy atom. The van der Waals surface area contributed by atoms with E-state index < -0.39 is 24.2 Å². The molecule has 0 unspecified atom stereocenters. The Labute approximate surface area is 193 Å². The lowest BCUT2D eigenvalue weighted by Gasteiger charge is -2.33. The van der Waals surface area contributed by atoms with Crippen LogP contribution in [0, 0.1) is 11.3 Å². The molecule has 0 spiro atoms. The summed E-state index contributed by atoms with van der Waals surface area (Å²) in [5, 5.41) is 18.9. The van der Waals surface area contributed by atoms with Crippen molar-refractivity contribution in [1.82, 2.24) is 9.78 Å². The Kier molecular flexibility index (Phi) is 6.29. The number of halogens is 4. The fraction of sp³-hybridized carbons (Fsp3) is 0.261. The molecule has 1 aliphatic heterocycles. The van der Waals surface area contributed by atoms with Crippen molar-refractivity contribution in [3.05, 3.63) is 76.4 Å². The van der Waals surface area contributed by atoms with Gasteiger partial charge in [-0.25, -0.2) is 4.68 Å². The molecule has 170 valence electrons. The largest absolute Gasteiger partial charge is 0.410 e. The van der Waals surface area contributed by atoms with Gasteiger partial charge >= 0.3 is 6.18 Å². The first-order chi connectivity index (χ1) is 15.7. The standard InChI is InChI=1S/C23H19ClF3N5O/c24-16-8-6-15(7-9-16)18-12-20(23(25,26)27)32-21(30-18)13-19(31-32)22(33)29-17-5-1-3-14(11-17)4-2-10-28/h1,3,5-9,11,13,18,20,30H,2,4,12H2,(H,29,33)/t18-,20-/m0/s1. The van der Waals surface area contributed by atoms with Crippen molar-refractivity contribution in [3.8, 4) is 6.07 Å². The molecule has 2 aromatic carbocycles. The third kappa shape index (κ3) is 5.12. The lowest BCUT2D eigenvalue weighted by Crippen LogP contribution is -2.35. The second-order valence-electron chi connectivity index (χ2n) is 7.71. The number of amides is 1. The topological polar surface area (TPSA) is 82.7 Å². The maximum Gasteiger partial charge on any atom is 0.410 e. The molecule has 4 rings (SSSR count). The molecule has 0 saturated carbocycles. The van der Waals surface area contributed by atoms with Crippen LogP contribution in [0.5, 0.6) is 0 Å². The fourth-order valence-electron chi connectivity index (χ4n) is 3.80. The van der Waals surface area contributed by atoms with E-state index in [4.69, 9.17) is 16.9 Å². The minimum atomic E-state index is -4.55. The molecule has 33 heavy (non-hydrogen) atoms. The van der Waals surface area contributed by atoms with Gasteiger partial charge in [0.1, 0.15) is 5.82 Å². The molecule has 1 aliphatic rings. The van der Waals surface area contributed by atoms with E-state index in [0.29, 0.717) is 29.1 Å². The molecule has 0 fully saturated rings. The second-order valence-corrected chi connectivity index (χ2v) is 8.15. The number of fused-ring (bicyclic) bond motifs is 1. The van der Waals surface area contributed by atoms with Crippen LogP contribution in [0.4, 0.5) is 24.7 Å². The predicted molar refractivity (Wildman–Crippen MR) is 118 cm³/mol. The van der Waals surface area contributed by atoms with Crippen LogP contribution in [0.1, 0.15) is 46.5 Å². The quantitative estimate of drug-likeness (QED) is 0.483. The van der Waals surface area contributed by atoms with Crippen LogP contribution >= 0.6 is 11.6 Å². The molecule has 0 saturated heterocycles. The third-order valence-corrected chi connectivity index (χ3v) is 5.66. The number of aromatic nitrogens is 2. The summed E-state index contributed by atoms with van der Waals surface area (Å²) in [5.41, 5.74) is 1.86. The van der Waals surface area contributed by atoms with E-state index in [9.17, 15) is 18.0 Å². The van der Waals surface area contributed by atoms with Crippen molar-refractivity contribution < 1.29 is 18.0 Å². The summed E-state index contributed by atoms with van der Waals surface area (Å²) in [6, 6.07) is 14.4. The second kappa shape index (κ2) is 9.16. The summed E-state index contributed by atoms with van der Waals surface area (Å²) in [7, 11) is 0. The Balaban J connectivity index is 1.59. The number of nitrogens with zero attached hydrogens (tertiary/aromatic N) is 3. The van der Waals surface area contributed by atoms with Gasteiger partial charge in [0.15, 0.2) is 11.7 Å². The number of nitriles is 1. The number of carbonyl (C=O) groups is 1. The van der Waals surface area contributed by atoms with Gasteiger partial charge in [0.2, 0.25) is 0 Å². The van der Waals surface area contributed by atoms with Crippen molar-refractivity contribution >= 4 is 29.0 Å². The van der Waals surface area contributed by atoms with Crippen LogP contribution < -0.4 is 10.6 Å². The number of nitrogens with one attached hydrogen (secondary N) is 2. The molecule has 10 heteroatoms. The number of hydrogen-bond donors (Lipinski definition) is 2. The van der Waals surface area contributed by atoms with Gasteiger partial charge < -0.3 is 10.6 Å². The van der Waals surface area contributed by atoms with E-state index >= 15 is 0 Å². The normalized spacial score (nSPS) is 17.5. The Hall–Kier alpha value is -3.51. The smallest absolute Gasteiger partial charge is 0.363 e. The number of carbonyl (C=O) groups excluding carboxylic acids is 1. The molecule has 6 nitrogen and oxygen atoms in total. The molecule has 2 atom stereocenters. The Morgan fingerprint density at radius 1 is 1.24 bits per heavy atom. The van der Waals surface area contributed by atoms with Crippen molar-refractivity contribution in [2.45, 2.75) is 37.5 Å². The Bertz CT molecular complexity index is 1200. The molecule has 2 heterocycles. The van der Waals surface area contributed by atoms with Gasteiger partial charge in [-0.3, -0.25) is 4.79 Å².